The van der Waals surface area contributed by atoms with Crippen LogP contribution < -0.4 is 0 Å². The normalized spacial score (nSPS) is 6.62. The van der Waals surface area contributed by atoms with Crippen molar-refractivity contribution in [1.82, 2.24) is 0 Å². The maximum atomic E-state index is 9.59. The number of carbonyl (C=O) groups excluding carboxylic acids is 1. The molecule has 0 unspecified atom stereocenters. The van der Waals surface area contributed by atoms with Gasteiger partial charge >= 0.3 is 11.1 Å². The quantitative estimate of drug-likeness (QED) is 0.307. The molecule has 0 aliphatic carbocycles. The van der Waals surface area contributed by atoms with Gasteiger partial charge in [0.1, 0.15) is 0 Å². The van der Waals surface area contributed by atoms with Crippen LogP contribution in [-0.4, -0.2) is 11.1 Å². The van der Waals surface area contributed by atoms with Gasteiger partial charge in [0.25, 0.3) is 0 Å². The van der Waals surface area contributed by atoms with Gasteiger partial charge in [-0.3, -0.25) is 4.79 Å². The van der Waals surface area contributed by atoms with Crippen molar-refractivity contribution in [3.8, 4) is 0 Å². The summed E-state index contributed by atoms with van der Waals surface area (Å²) >= 11 is 0. The molecule has 0 saturated carbocycles. The second-order valence-electron chi connectivity index (χ2n) is 0.806. The molecule has 0 aliphatic rings. The fourth-order valence-electron chi connectivity index (χ4n) is 0.105. The molecule has 0 aromatic rings. The molecule has 5 nitrogen and oxygen atoms in total. The van der Waals surface area contributed by atoms with Crippen LogP contribution in [0.3, 0.4) is 0 Å². The van der Waals surface area contributed by atoms with E-state index < -0.39 is 11.1 Å². The van der Waals surface area contributed by atoms with E-state index in [0.29, 0.717) is 0 Å². The Morgan fingerprint density at radius 1 is 1.75 bits per heavy atom. The molecule has 0 bridgehead atoms. The predicted octanol–water partition coefficient (Wildman–Crippen LogP) is -0.261. The topological polar surface area (TPSA) is 69.4 Å². The van der Waals surface area contributed by atoms with E-state index in [1.165, 1.54) is 0 Å². The molecule has 0 rings (SSSR count). The standard InChI is InChI=1S/C2H3NO4.Cu/c1-2(4)7-3(5)6;/h1H3;. The Morgan fingerprint density at radius 2 is 2.12 bits per heavy atom. The zero-order chi connectivity index (χ0) is 5.86. The zero-order valence-electron chi connectivity index (χ0n) is 3.88. The fraction of sp³-hybridized carbons (Fsp3) is 0.500. The van der Waals surface area contributed by atoms with E-state index in [2.05, 4.69) is 4.84 Å². The third kappa shape index (κ3) is 9.04. The van der Waals surface area contributed by atoms with Gasteiger partial charge in [-0.25, -0.2) is 4.84 Å². The maximum absolute atomic E-state index is 9.59. The molecule has 0 fully saturated rings. The van der Waals surface area contributed by atoms with E-state index in [0.717, 1.165) is 6.92 Å². The minimum absolute atomic E-state index is 0. The molecule has 0 aromatic carbocycles. The molecule has 0 atom stereocenters. The van der Waals surface area contributed by atoms with Gasteiger partial charge in [0.05, 0.1) is 0 Å². The average molecular weight is 169 g/mol. The minimum Gasteiger partial charge on any atom is -0.269 e. The Balaban J connectivity index is 0. The van der Waals surface area contributed by atoms with Crippen LogP contribution in [0.25, 0.3) is 0 Å². The first kappa shape index (κ1) is 10.4. The SMILES string of the molecule is CC(=O)O[N+](=O)[O-].[Cu]. The summed E-state index contributed by atoms with van der Waals surface area (Å²) < 4.78 is 0. The van der Waals surface area contributed by atoms with E-state index in [9.17, 15) is 14.9 Å². The van der Waals surface area contributed by atoms with Gasteiger partial charge in [-0.05, 0) is 0 Å². The van der Waals surface area contributed by atoms with Crippen LogP contribution in [0.2, 0.25) is 0 Å². The molecule has 0 heterocycles. The monoisotopic (exact) mass is 168 g/mol. The predicted molar refractivity (Wildman–Crippen MR) is 18.8 cm³/mol. The number of rotatable bonds is 1. The van der Waals surface area contributed by atoms with E-state index in [4.69, 9.17) is 0 Å². The molecule has 0 amide bonds. The van der Waals surface area contributed by atoms with Gasteiger partial charge in [-0.2, -0.15) is 0 Å². The molecular formula is C2H3CuNO4. The van der Waals surface area contributed by atoms with Gasteiger partial charge in [-0.15, -0.1) is 10.1 Å². The third-order valence-electron chi connectivity index (χ3n) is 0.203. The van der Waals surface area contributed by atoms with Gasteiger partial charge in [-0.1, -0.05) is 0 Å². The molecule has 0 spiro atoms. The van der Waals surface area contributed by atoms with Crippen molar-refractivity contribution >= 4 is 5.97 Å². The molecule has 6 heteroatoms. The molecule has 1 radical (unpaired) electrons. The van der Waals surface area contributed by atoms with Crippen molar-refractivity contribution in [2.75, 3.05) is 0 Å². The molecule has 8 heavy (non-hydrogen) atoms. The van der Waals surface area contributed by atoms with Crippen LogP contribution in [0.1, 0.15) is 6.92 Å². The van der Waals surface area contributed by atoms with Crippen molar-refractivity contribution in [3.05, 3.63) is 10.1 Å². The maximum Gasteiger partial charge on any atom is 0.302 e. The van der Waals surface area contributed by atoms with E-state index in [1.807, 2.05) is 0 Å². The summed E-state index contributed by atoms with van der Waals surface area (Å²) in [7, 11) is 0. The Kier molecular flexibility index (Phi) is 5.90. The summed E-state index contributed by atoms with van der Waals surface area (Å²) in [6.07, 6.45) is 0. The van der Waals surface area contributed by atoms with Gasteiger partial charge in [0, 0.05) is 24.0 Å². The second kappa shape index (κ2) is 4.55. The number of hydrogen-bond acceptors (Lipinski definition) is 4. The van der Waals surface area contributed by atoms with E-state index in [-0.39, 0.29) is 17.1 Å². The summed E-state index contributed by atoms with van der Waals surface area (Å²) in [6.45, 7) is 0.961. The first-order chi connectivity index (χ1) is 3.13. The van der Waals surface area contributed by atoms with Crippen LogP contribution in [0, 0.1) is 10.1 Å². The Bertz CT molecular complexity index is 90.2. The van der Waals surface area contributed by atoms with Gasteiger partial charge in [0.2, 0.25) is 0 Å². The summed E-state index contributed by atoms with van der Waals surface area (Å²) in [6, 6.07) is 0. The third-order valence-corrected chi connectivity index (χ3v) is 0.203. The van der Waals surface area contributed by atoms with Crippen molar-refractivity contribution in [1.29, 1.82) is 0 Å². The molecule has 0 N–H and O–H groups in total. The largest absolute Gasteiger partial charge is 0.302 e. The number of hydrogen-bond donors (Lipinski definition) is 0. The zero-order valence-corrected chi connectivity index (χ0v) is 4.82. The van der Waals surface area contributed by atoms with Crippen LogP contribution >= 0.6 is 0 Å². The van der Waals surface area contributed by atoms with Crippen molar-refractivity contribution in [2.24, 2.45) is 0 Å². The first-order valence-corrected chi connectivity index (χ1v) is 1.46. The van der Waals surface area contributed by atoms with Gasteiger partial charge in [0.15, 0.2) is 0 Å². The molecule has 0 aromatic heterocycles. The second-order valence-corrected chi connectivity index (χ2v) is 0.806. The number of nitrogens with zero attached hydrogens (tertiary/aromatic N) is 1. The Morgan fingerprint density at radius 3 is 2.12 bits per heavy atom. The molecule has 0 aliphatic heterocycles. The first-order valence-electron chi connectivity index (χ1n) is 1.46. The van der Waals surface area contributed by atoms with Crippen molar-refractivity contribution < 1.29 is 31.8 Å². The molecule has 0 saturated heterocycles. The number of carbonyl (C=O) groups is 1. The summed E-state index contributed by atoms with van der Waals surface area (Å²) in [5, 5.41) is 8.02. The van der Waals surface area contributed by atoms with E-state index in [1.54, 1.807) is 0 Å². The summed E-state index contributed by atoms with van der Waals surface area (Å²) in [5.41, 5.74) is 0. The smallest absolute Gasteiger partial charge is 0.269 e. The molecular weight excluding hydrogens is 166 g/mol. The summed E-state index contributed by atoms with van der Waals surface area (Å²) in [5.74, 6) is -0.912. The molecule has 51 valence electrons. The van der Waals surface area contributed by atoms with Crippen LogP contribution in [0.5, 0.6) is 0 Å². The van der Waals surface area contributed by atoms with Crippen molar-refractivity contribution in [3.63, 3.8) is 0 Å². The van der Waals surface area contributed by atoms with Gasteiger partial charge < -0.3 is 0 Å². The minimum atomic E-state index is -1.15. The van der Waals surface area contributed by atoms with Crippen molar-refractivity contribution in [2.45, 2.75) is 6.92 Å². The van der Waals surface area contributed by atoms with Crippen LogP contribution in [0.15, 0.2) is 0 Å². The average Bonchev–Trinajstić information content (AvgIpc) is 1.27. The summed E-state index contributed by atoms with van der Waals surface area (Å²) in [4.78, 5) is 22.1. The Labute approximate surface area is 55.6 Å². The van der Waals surface area contributed by atoms with Crippen LogP contribution in [0.4, 0.5) is 0 Å². The Hall–Kier alpha value is -0.611. The van der Waals surface area contributed by atoms with E-state index >= 15 is 0 Å². The fourth-order valence-corrected chi connectivity index (χ4v) is 0.105. The van der Waals surface area contributed by atoms with Crippen LogP contribution in [-0.2, 0) is 26.7 Å².